The Morgan fingerprint density at radius 3 is 1.83 bits per heavy atom. The molecule has 8 heteroatoms. The summed E-state index contributed by atoms with van der Waals surface area (Å²) < 4.78 is 42.2. The first kappa shape index (κ1) is 23.3. The van der Waals surface area contributed by atoms with Crippen molar-refractivity contribution in [3.63, 3.8) is 0 Å². The highest BCUT2D eigenvalue weighted by Crippen LogP contribution is 2.45. The minimum Gasteiger partial charge on any atom is -0.323 e. The van der Waals surface area contributed by atoms with E-state index in [1.165, 1.54) is 17.2 Å². The van der Waals surface area contributed by atoms with E-state index in [0.717, 1.165) is 24.8 Å². The summed E-state index contributed by atoms with van der Waals surface area (Å²) in [6.45, 7) is 7.95. The van der Waals surface area contributed by atoms with Gasteiger partial charge in [-0.25, -0.2) is 0 Å². The van der Waals surface area contributed by atoms with Crippen LogP contribution in [0.4, 0.5) is 0 Å². The second-order valence-electron chi connectivity index (χ2n) is 6.25. The van der Waals surface area contributed by atoms with Gasteiger partial charge >= 0.3 is 7.60 Å². The van der Waals surface area contributed by atoms with Crippen molar-refractivity contribution >= 4 is 17.7 Å². The minimum atomic E-state index is -4.92. The molecule has 0 aromatic carbocycles. The lowest BCUT2D eigenvalue weighted by Gasteiger charge is -2.13. The Morgan fingerprint density at radius 2 is 1.42 bits per heavy atom. The maximum atomic E-state index is 11.2. The van der Waals surface area contributed by atoms with Crippen LogP contribution in [0.5, 0.6) is 0 Å². The summed E-state index contributed by atoms with van der Waals surface area (Å²) in [5, 5.41) is 0. The molecular formula is C16H29O6PS. The van der Waals surface area contributed by atoms with E-state index in [1.807, 2.05) is 0 Å². The Hall–Kier alpha value is -0.720. The van der Waals surface area contributed by atoms with Gasteiger partial charge in [0.2, 0.25) is 0 Å². The summed E-state index contributed by atoms with van der Waals surface area (Å²) in [7, 11) is -9.71. The topological polar surface area (TPSA) is 112 Å². The van der Waals surface area contributed by atoms with E-state index < -0.39 is 29.1 Å². The maximum absolute atomic E-state index is 11.2. The standard InChI is InChI=1S/C16H29O6PS/c1-13(2)7-5-8-14(3)9-6-10-15(4)11-12-16(23(17,18)19)24(20,21)22/h7,9,11,16H,5-6,8,10,12H2,1-4H3,(H2,17,18,19)(H,20,21,22). The van der Waals surface area contributed by atoms with Gasteiger partial charge in [0.1, 0.15) is 0 Å². The average molecular weight is 380 g/mol. The van der Waals surface area contributed by atoms with Gasteiger partial charge in [0.15, 0.2) is 4.99 Å². The van der Waals surface area contributed by atoms with Crippen molar-refractivity contribution in [1.29, 1.82) is 0 Å². The lowest BCUT2D eigenvalue weighted by molar-refractivity contribution is 0.363. The molecule has 24 heavy (non-hydrogen) atoms. The largest absolute Gasteiger partial charge is 0.346 e. The quantitative estimate of drug-likeness (QED) is 0.298. The molecule has 0 rings (SSSR count). The van der Waals surface area contributed by atoms with Gasteiger partial charge in [0.25, 0.3) is 10.1 Å². The third kappa shape index (κ3) is 10.9. The van der Waals surface area contributed by atoms with Crippen LogP contribution in [0, 0.1) is 0 Å². The summed E-state index contributed by atoms with van der Waals surface area (Å²) in [4.78, 5) is 16.0. The first-order chi connectivity index (χ1) is 10.8. The molecule has 1 atom stereocenters. The van der Waals surface area contributed by atoms with E-state index in [-0.39, 0.29) is 0 Å². The first-order valence-electron chi connectivity index (χ1n) is 7.80. The Labute approximate surface area is 145 Å². The van der Waals surface area contributed by atoms with Crippen molar-refractivity contribution in [3.05, 3.63) is 34.9 Å². The SMILES string of the molecule is CC(C)=CCCC(C)=CCCC(C)=CCC(P(=O)(O)O)S(=O)(=O)O. The van der Waals surface area contributed by atoms with Crippen LogP contribution in [-0.2, 0) is 14.7 Å². The summed E-state index contributed by atoms with van der Waals surface area (Å²) >= 11 is 0. The van der Waals surface area contributed by atoms with E-state index in [9.17, 15) is 13.0 Å². The molecule has 0 fully saturated rings. The zero-order chi connectivity index (χ0) is 19.0. The summed E-state index contributed by atoms with van der Waals surface area (Å²) in [6, 6.07) is 0. The number of rotatable bonds is 10. The van der Waals surface area contributed by atoms with Crippen molar-refractivity contribution in [3.8, 4) is 0 Å². The molecule has 3 N–H and O–H groups in total. The fourth-order valence-corrected chi connectivity index (χ4v) is 4.18. The highest BCUT2D eigenvalue weighted by molar-refractivity contribution is 7.93. The molecule has 0 spiro atoms. The molecule has 0 bridgehead atoms. The van der Waals surface area contributed by atoms with Crippen LogP contribution in [0.15, 0.2) is 34.9 Å². The zero-order valence-electron chi connectivity index (χ0n) is 14.8. The summed E-state index contributed by atoms with van der Waals surface area (Å²) in [5.41, 5.74) is 3.39. The molecule has 0 amide bonds. The molecule has 0 aromatic rings. The molecule has 0 heterocycles. The lowest BCUT2D eigenvalue weighted by atomic mass is 10.1. The van der Waals surface area contributed by atoms with Crippen LogP contribution in [0.25, 0.3) is 0 Å². The van der Waals surface area contributed by atoms with Gasteiger partial charge in [-0.2, -0.15) is 8.42 Å². The first-order valence-corrected chi connectivity index (χ1v) is 11.0. The zero-order valence-corrected chi connectivity index (χ0v) is 16.5. The molecular weight excluding hydrogens is 351 g/mol. The van der Waals surface area contributed by atoms with E-state index >= 15 is 0 Å². The van der Waals surface area contributed by atoms with Gasteiger partial charge in [-0.05, 0) is 59.8 Å². The molecule has 1 unspecified atom stereocenters. The van der Waals surface area contributed by atoms with Gasteiger partial charge < -0.3 is 9.79 Å². The molecule has 0 aliphatic heterocycles. The van der Waals surface area contributed by atoms with Crippen molar-refractivity contribution < 1.29 is 27.3 Å². The molecule has 0 aliphatic rings. The second-order valence-corrected chi connectivity index (χ2v) is 10.0. The molecule has 0 aromatic heterocycles. The van der Waals surface area contributed by atoms with Crippen molar-refractivity contribution in [2.75, 3.05) is 0 Å². The second kappa shape index (κ2) is 10.3. The van der Waals surface area contributed by atoms with Crippen LogP contribution in [0.3, 0.4) is 0 Å². The van der Waals surface area contributed by atoms with Crippen LogP contribution < -0.4 is 0 Å². The normalized spacial score (nSPS) is 15.3. The lowest BCUT2D eigenvalue weighted by Crippen LogP contribution is -2.20. The molecule has 0 radical (unpaired) electrons. The van der Waals surface area contributed by atoms with Gasteiger partial charge in [-0.15, -0.1) is 0 Å². The molecule has 140 valence electrons. The van der Waals surface area contributed by atoms with Crippen molar-refractivity contribution in [2.24, 2.45) is 0 Å². The Balaban J connectivity index is 4.56. The maximum Gasteiger partial charge on any atom is 0.346 e. The van der Waals surface area contributed by atoms with Gasteiger partial charge in [-0.3, -0.25) is 9.12 Å². The molecule has 0 saturated heterocycles. The van der Waals surface area contributed by atoms with E-state index in [2.05, 4.69) is 32.9 Å². The van der Waals surface area contributed by atoms with E-state index in [4.69, 9.17) is 14.3 Å². The average Bonchev–Trinajstić information content (AvgIpc) is 2.34. The fourth-order valence-electron chi connectivity index (χ4n) is 2.07. The minimum absolute atomic E-state index is 0.405. The number of hydrogen-bond donors (Lipinski definition) is 3. The Morgan fingerprint density at radius 1 is 0.958 bits per heavy atom. The predicted octanol–water partition coefficient (Wildman–Crippen LogP) is 4.19. The van der Waals surface area contributed by atoms with E-state index in [0.29, 0.717) is 6.42 Å². The molecule has 6 nitrogen and oxygen atoms in total. The highest BCUT2D eigenvalue weighted by atomic mass is 32.2. The van der Waals surface area contributed by atoms with Crippen molar-refractivity contribution in [2.45, 2.75) is 64.8 Å². The van der Waals surface area contributed by atoms with Crippen LogP contribution in [-0.4, -0.2) is 27.7 Å². The summed E-state index contributed by atoms with van der Waals surface area (Å²) in [6.07, 6.45) is 8.77. The van der Waals surface area contributed by atoms with Gasteiger partial charge in [-0.1, -0.05) is 34.9 Å². The highest BCUT2D eigenvalue weighted by Gasteiger charge is 2.38. The summed E-state index contributed by atoms with van der Waals surface area (Å²) in [5.74, 6) is 0. The van der Waals surface area contributed by atoms with Crippen LogP contribution in [0.2, 0.25) is 0 Å². The number of allylic oxidation sites excluding steroid dienone is 6. The van der Waals surface area contributed by atoms with Crippen LogP contribution in [0.1, 0.15) is 59.8 Å². The van der Waals surface area contributed by atoms with Crippen LogP contribution >= 0.6 is 7.60 Å². The van der Waals surface area contributed by atoms with Gasteiger partial charge in [0, 0.05) is 0 Å². The van der Waals surface area contributed by atoms with E-state index in [1.54, 1.807) is 6.92 Å². The Bertz CT molecular complexity index is 635. The third-order valence-corrected chi connectivity index (χ3v) is 6.97. The monoisotopic (exact) mass is 380 g/mol. The Kier molecular flexibility index (Phi) is 10.0. The number of hydrogen-bond acceptors (Lipinski definition) is 3. The molecule has 0 aliphatic carbocycles. The fraction of sp³-hybridized carbons (Fsp3) is 0.625. The smallest absolute Gasteiger partial charge is 0.323 e. The predicted molar refractivity (Wildman–Crippen MR) is 97.4 cm³/mol. The van der Waals surface area contributed by atoms with Crippen molar-refractivity contribution in [1.82, 2.24) is 0 Å². The third-order valence-electron chi connectivity index (χ3n) is 3.51. The molecule has 0 saturated carbocycles. The van der Waals surface area contributed by atoms with Gasteiger partial charge in [0.05, 0.1) is 0 Å².